The van der Waals surface area contributed by atoms with Crippen LogP contribution in [0.3, 0.4) is 0 Å². The largest absolute Gasteiger partial charge is 0.433 e. The molecule has 6 nitrogen and oxygen atoms in total. The molecular formula is C20H18F3N5O. The molecule has 5 rings (SSSR count). The van der Waals surface area contributed by atoms with Crippen LogP contribution in [0.25, 0.3) is 22.2 Å². The van der Waals surface area contributed by atoms with E-state index in [0.29, 0.717) is 35.2 Å². The molecule has 1 spiro atoms. The highest BCUT2D eigenvalue weighted by Crippen LogP contribution is 2.41. The number of aromatic nitrogens is 3. The maximum atomic E-state index is 13.0. The minimum Gasteiger partial charge on any atom is -0.316 e. The van der Waals surface area contributed by atoms with E-state index in [1.807, 2.05) is 12.1 Å². The quantitative estimate of drug-likeness (QED) is 0.691. The first-order valence-corrected chi connectivity index (χ1v) is 9.42. The first-order valence-electron chi connectivity index (χ1n) is 9.42. The van der Waals surface area contributed by atoms with E-state index in [1.165, 1.54) is 6.07 Å². The normalized spacial score (nSPS) is 22.3. The predicted octanol–water partition coefficient (Wildman–Crippen LogP) is 3.36. The van der Waals surface area contributed by atoms with Crippen molar-refractivity contribution in [2.75, 3.05) is 24.5 Å². The Bertz CT molecular complexity index is 1100. The number of hydrogen-bond donors (Lipinski definition) is 2. The monoisotopic (exact) mass is 401 g/mol. The molecule has 2 fully saturated rings. The minimum absolute atomic E-state index is 0.107. The highest BCUT2D eigenvalue weighted by molar-refractivity contribution is 6.03. The van der Waals surface area contributed by atoms with Crippen LogP contribution >= 0.6 is 0 Å². The summed E-state index contributed by atoms with van der Waals surface area (Å²) in [5.41, 5.74) is 0.851. The van der Waals surface area contributed by atoms with Crippen LogP contribution in [0.5, 0.6) is 0 Å². The summed E-state index contributed by atoms with van der Waals surface area (Å²) in [6.07, 6.45) is -1.77. The fourth-order valence-electron chi connectivity index (χ4n) is 4.33. The van der Waals surface area contributed by atoms with Gasteiger partial charge in [-0.15, -0.1) is 0 Å². The molecule has 1 aromatic carbocycles. The number of fused-ring (bicyclic) bond motifs is 1. The first-order chi connectivity index (χ1) is 13.9. The zero-order valence-corrected chi connectivity index (χ0v) is 15.4. The smallest absolute Gasteiger partial charge is 0.316 e. The van der Waals surface area contributed by atoms with Crippen LogP contribution in [-0.4, -0.2) is 40.7 Å². The van der Waals surface area contributed by atoms with Crippen molar-refractivity contribution >= 4 is 22.5 Å². The van der Waals surface area contributed by atoms with E-state index in [4.69, 9.17) is 0 Å². The van der Waals surface area contributed by atoms with E-state index in [-0.39, 0.29) is 11.3 Å². The Labute approximate surface area is 164 Å². The van der Waals surface area contributed by atoms with Crippen molar-refractivity contribution in [1.29, 1.82) is 0 Å². The minimum atomic E-state index is -4.53. The van der Waals surface area contributed by atoms with Crippen molar-refractivity contribution in [3.63, 3.8) is 0 Å². The fraction of sp³-hybridized carbons (Fsp3) is 0.350. The lowest BCUT2D eigenvalue weighted by atomic mass is 9.86. The van der Waals surface area contributed by atoms with Crippen molar-refractivity contribution in [3.8, 4) is 11.3 Å². The Hall–Kier alpha value is -2.94. The number of pyridine rings is 1. The zero-order chi connectivity index (χ0) is 20.2. The molecule has 2 N–H and O–H groups in total. The number of nitrogens with one attached hydrogen (secondary N) is 2. The van der Waals surface area contributed by atoms with E-state index in [1.54, 1.807) is 11.0 Å². The Morgan fingerprint density at radius 3 is 2.76 bits per heavy atom. The summed E-state index contributed by atoms with van der Waals surface area (Å²) in [7, 11) is 0. The third kappa shape index (κ3) is 2.88. The van der Waals surface area contributed by atoms with E-state index in [9.17, 15) is 18.0 Å². The number of rotatable bonds is 2. The molecule has 2 aliphatic rings. The average molecular weight is 401 g/mol. The Morgan fingerprint density at radius 1 is 1.14 bits per heavy atom. The molecule has 2 aromatic heterocycles. The number of halogens is 3. The number of aromatic amines is 1. The maximum Gasteiger partial charge on any atom is 0.433 e. The van der Waals surface area contributed by atoms with Gasteiger partial charge >= 0.3 is 6.18 Å². The van der Waals surface area contributed by atoms with Gasteiger partial charge in [-0.3, -0.25) is 14.9 Å². The van der Waals surface area contributed by atoms with E-state index in [0.717, 1.165) is 37.3 Å². The Morgan fingerprint density at radius 2 is 2.00 bits per heavy atom. The summed E-state index contributed by atoms with van der Waals surface area (Å²) in [4.78, 5) is 18.2. The third-order valence-corrected chi connectivity index (χ3v) is 5.94. The standard InChI is InChI=1S/C20H18F3N5O/c21-20(22,23)16-9-12(3-6-25-16)17-14-10-13(1-2-15(14)26-27-17)28-8-5-19(18(28)29)4-7-24-11-19/h1-3,6,9-10,24H,4-5,7-8,11H2,(H,26,27)/t19-/m0/s1. The number of amides is 1. The Balaban J connectivity index is 1.54. The second kappa shape index (κ2) is 6.28. The van der Waals surface area contributed by atoms with Gasteiger partial charge in [0.1, 0.15) is 11.4 Å². The number of carbonyl (C=O) groups excluding carboxylic acids is 1. The lowest BCUT2D eigenvalue weighted by Gasteiger charge is -2.22. The number of H-pyrrole nitrogens is 1. The van der Waals surface area contributed by atoms with Gasteiger partial charge in [0.2, 0.25) is 5.91 Å². The molecule has 1 atom stereocenters. The highest BCUT2D eigenvalue weighted by Gasteiger charge is 2.48. The summed E-state index contributed by atoms with van der Waals surface area (Å²) in [6, 6.07) is 7.96. The van der Waals surface area contributed by atoms with Crippen molar-refractivity contribution in [3.05, 3.63) is 42.2 Å². The summed E-state index contributed by atoms with van der Waals surface area (Å²) in [6.45, 7) is 2.17. The van der Waals surface area contributed by atoms with Gasteiger partial charge in [0, 0.05) is 35.9 Å². The summed E-state index contributed by atoms with van der Waals surface area (Å²) >= 11 is 0. The predicted molar refractivity (Wildman–Crippen MR) is 101 cm³/mol. The lowest BCUT2D eigenvalue weighted by Crippen LogP contribution is -2.36. The van der Waals surface area contributed by atoms with Crippen molar-refractivity contribution in [2.45, 2.75) is 19.0 Å². The number of alkyl halides is 3. The molecule has 2 aliphatic heterocycles. The molecule has 3 aromatic rings. The molecule has 29 heavy (non-hydrogen) atoms. The van der Waals surface area contributed by atoms with Gasteiger partial charge in [-0.1, -0.05) is 0 Å². The molecule has 0 aliphatic carbocycles. The van der Waals surface area contributed by atoms with Gasteiger partial charge in [0.25, 0.3) is 0 Å². The van der Waals surface area contributed by atoms with Gasteiger partial charge in [0.15, 0.2) is 0 Å². The van der Waals surface area contributed by atoms with Gasteiger partial charge in [-0.2, -0.15) is 18.3 Å². The van der Waals surface area contributed by atoms with E-state index < -0.39 is 11.9 Å². The highest BCUT2D eigenvalue weighted by atomic mass is 19.4. The molecular weight excluding hydrogens is 383 g/mol. The number of anilines is 1. The second-order valence-corrected chi connectivity index (χ2v) is 7.64. The topological polar surface area (TPSA) is 73.9 Å². The van der Waals surface area contributed by atoms with Gasteiger partial charge in [-0.05, 0) is 49.7 Å². The number of hydrogen-bond acceptors (Lipinski definition) is 4. The molecule has 0 unspecified atom stereocenters. The van der Waals surface area contributed by atoms with E-state index >= 15 is 0 Å². The van der Waals surface area contributed by atoms with Crippen molar-refractivity contribution in [2.24, 2.45) is 5.41 Å². The zero-order valence-electron chi connectivity index (χ0n) is 15.4. The molecule has 0 saturated carbocycles. The number of nitrogens with zero attached hydrogens (tertiary/aromatic N) is 3. The van der Waals surface area contributed by atoms with Crippen molar-refractivity contribution in [1.82, 2.24) is 20.5 Å². The molecule has 0 radical (unpaired) electrons. The molecule has 150 valence electrons. The summed E-state index contributed by atoms with van der Waals surface area (Å²) < 4.78 is 39.1. The van der Waals surface area contributed by atoms with Crippen LogP contribution in [0.4, 0.5) is 18.9 Å². The van der Waals surface area contributed by atoms with Gasteiger partial charge in [0.05, 0.1) is 10.9 Å². The van der Waals surface area contributed by atoms with Crippen molar-refractivity contribution < 1.29 is 18.0 Å². The maximum absolute atomic E-state index is 13.0. The molecule has 9 heteroatoms. The number of benzene rings is 1. The van der Waals surface area contributed by atoms with Crippen LogP contribution in [0.1, 0.15) is 18.5 Å². The van der Waals surface area contributed by atoms with Crippen LogP contribution in [0.2, 0.25) is 0 Å². The summed E-state index contributed by atoms with van der Waals surface area (Å²) in [5.74, 6) is 0.107. The first kappa shape index (κ1) is 18.1. The average Bonchev–Trinajstić information content (AvgIpc) is 3.42. The SMILES string of the molecule is O=C1N(c2ccc3[nH]nc(-c4ccnc(C(F)(F)F)c4)c3c2)CC[C@]12CCNC2. The number of carbonyl (C=O) groups is 1. The second-order valence-electron chi connectivity index (χ2n) is 7.64. The molecule has 4 heterocycles. The summed E-state index contributed by atoms with van der Waals surface area (Å²) in [5, 5.41) is 11.0. The van der Waals surface area contributed by atoms with Crippen LogP contribution in [0, 0.1) is 5.41 Å². The fourth-order valence-corrected chi connectivity index (χ4v) is 4.33. The van der Waals surface area contributed by atoms with Gasteiger partial charge in [-0.25, -0.2) is 0 Å². The third-order valence-electron chi connectivity index (χ3n) is 5.94. The molecule has 2 saturated heterocycles. The molecule has 1 amide bonds. The molecule has 0 bridgehead atoms. The van der Waals surface area contributed by atoms with Crippen LogP contribution in [0.15, 0.2) is 36.5 Å². The van der Waals surface area contributed by atoms with Crippen LogP contribution in [-0.2, 0) is 11.0 Å². The Kier molecular flexibility index (Phi) is 3.92. The van der Waals surface area contributed by atoms with Gasteiger partial charge < -0.3 is 10.2 Å². The lowest BCUT2D eigenvalue weighted by molar-refractivity contribution is -0.141. The van der Waals surface area contributed by atoms with Crippen LogP contribution < -0.4 is 10.2 Å². The van der Waals surface area contributed by atoms with E-state index in [2.05, 4.69) is 20.5 Å².